The van der Waals surface area contributed by atoms with Gasteiger partial charge in [-0.3, -0.25) is 4.79 Å². The predicted octanol–water partition coefficient (Wildman–Crippen LogP) is 3.85. The number of carbonyl (C=O) groups is 1. The summed E-state index contributed by atoms with van der Waals surface area (Å²) in [5.74, 6) is 0.206. The highest BCUT2D eigenvalue weighted by Crippen LogP contribution is 2.07. The van der Waals surface area contributed by atoms with Crippen LogP contribution in [0.2, 0.25) is 0 Å². The monoisotopic (exact) mass is 234 g/mol. The summed E-state index contributed by atoms with van der Waals surface area (Å²) in [5, 5.41) is 0. The van der Waals surface area contributed by atoms with E-state index in [0.29, 0.717) is 19.1 Å². The zero-order valence-electron chi connectivity index (χ0n) is 10.8. The second kappa shape index (κ2) is 8.02. The lowest BCUT2D eigenvalue weighted by Crippen LogP contribution is -2.10. The Labute approximate surface area is 104 Å². The van der Waals surface area contributed by atoms with Crippen LogP contribution in [0.3, 0.4) is 0 Å². The lowest BCUT2D eigenvalue weighted by atomic mass is 10.1. The molecule has 1 aromatic rings. The molecular weight excluding hydrogens is 212 g/mol. The molecule has 0 spiro atoms. The molecule has 0 amide bonds. The van der Waals surface area contributed by atoms with Crippen LogP contribution in [-0.4, -0.2) is 18.5 Å². The van der Waals surface area contributed by atoms with Gasteiger partial charge in [-0.25, -0.2) is 0 Å². The van der Waals surface area contributed by atoms with Crippen LogP contribution in [0.25, 0.3) is 0 Å². The second-order valence-corrected chi connectivity index (χ2v) is 4.36. The maximum absolute atomic E-state index is 11.8. The van der Waals surface area contributed by atoms with E-state index >= 15 is 0 Å². The van der Waals surface area contributed by atoms with Gasteiger partial charge in [0.25, 0.3) is 0 Å². The van der Waals surface area contributed by atoms with Gasteiger partial charge in [0, 0.05) is 18.6 Å². The molecule has 0 aliphatic carbocycles. The molecule has 94 valence electrons. The highest BCUT2D eigenvalue weighted by atomic mass is 16.5. The van der Waals surface area contributed by atoms with Crippen LogP contribution in [0.4, 0.5) is 0 Å². The van der Waals surface area contributed by atoms with Crippen molar-refractivity contribution in [2.24, 2.45) is 0 Å². The van der Waals surface area contributed by atoms with E-state index in [-0.39, 0.29) is 5.78 Å². The van der Waals surface area contributed by atoms with E-state index in [2.05, 4.69) is 13.8 Å². The lowest BCUT2D eigenvalue weighted by Gasteiger charge is -2.11. The van der Waals surface area contributed by atoms with Crippen molar-refractivity contribution in [1.82, 2.24) is 0 Å². The van der Waals surface area contributed by atoms with Gasteiger partial charge in [0.05, 0.1) is 6.10 Å². The first-order chi connectivity index (χ1) is 8.24. The maximum Gasteiger partial charge on any atom is 0.162 e. The summed E-state index contributed by atoms with van der Waals surface area (Å²) in [5.41, 5.74) is 0.800. The molecule has 0 N–H and O–H groups in total. The molecule has 17 heavy (non-hydrogen) atoms. The topological polar surface area (TPSA) is 26.3 Å². The van der Waals surface area contributed by atoms with Gasteiger partial charge in [-0.1, -0.05) is 43.7 Å². The number of hydrogen-bond donors (Lipinski definition) is 0. The molecule has 0 aliphatic heterocycles. The minimum absolute atomic E-state index is 0.206. The molecule has 1 unspecified atom stereocenters. The van der Waals surface area contributed by atoms with E-state index in [1.165, 1.54) is 0 Å². The number of Topliss-reactive ketones (excluding diaryl/α,β-unsaturated/α-hetero) is 1. The van der Waals surface area contributed by atoms with Gasteiger partial charge in [0.1, 0.15) is 0 Å². The lowest BCUT2D eigenvalue weighted by molar-refractivity contribution is 0.0559. The Kier molecular flexibility index (Phi) is 6.56. The van der Waals surface area contributed by atoms with Crippen LogP contribution in [0.5, 0.6) is 0 Å². The fourth-order valence-corrected chi connectivity index (χ4v) is 1.78. The number of ketones is 1. The molecule has 0 aliphatic rings. The minimum Gasteiger partial charge on any atom is -0.378 e. The van der Waals surface area contributed by atoms with Crippen LogP contribution < -0.4 is 0 Å². The van der Waals surface area contributed by atoms with Crippen molar-refractivity contribution in [3.8, 4) is 0 Å². The third-order valence-electron chi connectivity index (χ3n) is 2.74. The molecule has 0 heterocycles. The van der Waals surface area contributed by atoms with E-state index in [4.69, 9.17) is 4.74 Å². The fraction of sp³-hybridized carbons (Fsp3) is 0.533. The molecule has 0 radical (unpaired) electrons. The van der Waals surface area contributed by atoms with E-state index in [1.54, 1.807) is 0 Å². The van der Waals surface area contributed by atoms with Crippen molar-refractivity contribution in [2.75, 3.05) is 6.61 Å². The molecule has 0 aromatic heterocycles. The average molecular weight is 234 g/mol. The first-order valence-electron chi connectivity index (χ1n) is 6.44. The van der Waals surface area contributed by atoms with Crippen LogP contribution in [0.15, 0.2) is 30.3 Å². The zero-order valence-corrected chi connectivity index (χ0v) is 10.8. The van der Waals surface area contributed by atoms with Crippen LogP contribution >= 0.6 is 0 Å². The Morgan fingerprint density at radius 3 is 2.65 bits per heavy atom. The van der Waals surface area contributed by atoms with Crippen molar-refractivity contribution in [3.05, 3.63) is 35.9 Å². The van der Waals surface area contributed by atoms with Crippen molar-refractivity contribution < 1.29 is 9.53 Å². The summed E-state index contributed by atoms with van der Waals surface area (Å²) in [7, 11) is 0. The maximum atomic E-state index is 11.8. The molecule has 0 bridgehead atoms. The third kappa shape index (κ3) is 5.64. The Morgan fingerprint density at radius 1 is 1.29 bits per heavy atom. The zero-order chi connectivity index (χ0) is 12.5. The van der Waals surface area contributed by atoms with E-state index in [9.17, 15) is 4.79 Å². The van der Waals surface area contributed by atoms with Crippen molar-refractivity contribution in [2.45, 2.75) is 45.6 Å². The molecule has 0 fully saturated rings. The van der Waals surface area contributed by atoms with E-state index < -0.39 is 0 Å². The summed E-state index contributed by atoms with van der Waals surface area (Å²) in [4.78, 5) is 11.8. The Hall–Kier alpha value is -1.15. The normalized spacial score (nSPS) is 12.4. The highest BCUT2D eigenvalue weighted by Gasteiger charge is 2.05. The summed E-state index contributed by atoms with van der Waals surface area (Å²) >= 11 is 0. The SMILES string of the molecule is CCCC(C)OCCCC(=O)c1ccccc1. The highest BCUT2D eigenvalue weighted by molar-refractivity contribution is 5.95. The standard InChI is InChI=1S/C15H22O2/c1-3-8-13(2)17-12-7-11-15(16)14-9-5-4-6-10-14/h4-6,9-10,13H,3,7-8,11-12H2,1-2H3. The number of hydrogen-bond acceptors (Lipinski definition) is 2. The van der Waals surface area contributed by atoms with Crippen LogP contribution in [0, 0.1) is 0 Å². The molecule has 0 saturated carbocycles. The number of carbonyl (C=O) groups excluding carboxylic acids is 1. The molecule has 1 atom stereocenters. The average Bonchev–Trinajstić information content (AvgIpc) is 2.36. The number of rotatable bonds is 8. The van der Waals surface area contributed by atoms with Gasteiger partial charge in [-0.15, -0.1) is 0 Å². The minimum atomic E-state index is 0.206. The van der Waals surface area contributed by atoms with Gasteiger partial charge < -0.3 is 4.74 Å². The van der Waals surface area contributed by atoms with Crippen molar-refractivity contribution >= 4 is 5.78 Å². The summed E-state index contributed by atoms with van der Waals surface area (Å²) in [6.45, 7) is 4.92. The first kappa shape index (κ1) is 13.9. The van der Waals surface area contributed by atoms with Gasteiger partial charge in [0.2, 0.25) is 0 Å². The number of benzene rings is 1. The fourth-order valence-electron chi connectivity index (χ4n) is 1.78. The van der Waals surface area contributed by atoms with Gasteiger partial charge in [0.15, 0.2) is 5.78 Å². The summed E-state index contributed by atoms with van der Waals surface area (Å²) < 4.78 is 5.62. The Bertz CT molecular complexity index is 319. The molecule has 1 aromatic carbocycles. The molecule has 1 rings (SSSR count). The third-order valence-corrected chi connectivity index (χ3v) is 2.74. The van der Waals surface area contributed by atoms with Crippen LogP contribution in [0.1, 0.15) is 49.9 Å². The van der Waals surface area contributed by atoms with Gasteiger partial charge >= 0.3 is 0 Å². The summed E-state index contributed by atoms with van der Waals surface area (Å²) in [6.07, 6.45) is 3.92. The Balaban J connectivity index is 2.17. The van der Waals surface area contributed by atoms with Crippen molar-refractivity contribution in [3.63, 3.8) is 0 Å². The smallest absolute Gasteiger partial charge is 0.162 e. The predicted molar refractivity (Wildman–Crippen MR) is 70.3 cm³/mol. The van der Waals surface area contributed by atoms with E-state index in [1.807, 2.05) is 30.3 Å². The molecule has 0 saturated heterocycles. The second-order valence-electron chi connectivity index (χ2n) is 4.36. The number of ether oxygens (including phenoxy) is 1. The van der Waals surface area contributed by atoms with Crippen molar-refractivity contribution in [1.29, 1.82) is 0 Å². The summed E-state index contributed by atoms with van der Waals surface area (Å²) in [6, 6.07) is 9.44. The molecule has 2 nitrogen and oxygen atoms in total. The van der Waals surface area contributed by atoms with Gasteiger partial charge in [-0.2, -0.15) is 0 Å². The first-order valence-corrected chi connectivity index (χ1v) is 6.44. The van der Waals surface area contributed by atoms with Crippen LogP contribution in [-0.2, 0) is 4.74 Å². The largest absolute Gasteiger partial charge is 0.378 e. The van der Waals surface area contributed by atoms with E-state index in [0.717, 1.165) is 24.8 Å². The molecular formula is C15H22O2. The quantitative estimate of drug-likeness (QED) is 0.504. The Morgan fingerprint density at radius 2 is 2.00 bits per heavy atom. The molecule has 2 heteroatoms. The van der Waals surface area contributed by atoms with Gasteiger partial charge in [-0.05, 0) is 19.8 Å².